The van der Waals surface area contributed by atoms with Crippen molar-refractivity contribution in [3.8, 4) is 0 Å². The molecule has 0 unspecified atom stereocenters. The van der Waals surface area contributed by atoms with Crippen molar-refractivity contribution in [2.24, 2.45) is 0 Å². The minimum Gasteiger partial charge on any atom is -0.378 e. The number of carbonyl (C=O) groups excluding carboxylic acids is 1. The van der Waals surface area contributed by atoms with Gasteiger partial charge in [-0.05, 0) is 42.5 Å². The maximum atomic E-state index is 10.8. The molecule has 4 aliphatic rings. The van der Waals surface area contributed by atoms with Crippen molar-refractivity contribution >= 4 is 58.1 Å². The number of aromatic nitrogens is 2. The number of halogens is 1. The van der Waals surface area contributed by atoms with Crippen molar-refractivity contribution < 1.29 is 23.7 Å². The Labute approximate surface area is 280 Å². The van der Waals surface area contributed by atoms with Gasteiger partial charge < -0.3 is 49.2 Å². The van der Waals surface area contributed by atoms with Crippen LogP contribution in [-0.4, -0.2) is 122 Å². The van der Waals surface area contributed by atoms with Gasteiger partial charge in [-0.15, -0.1) is 0 Å². The zero-order chi connectivity index (χ0) is 32.3. The highest BCUT2D eigenvalue weighted by molar-refractivity contribution is 6.29. The van der Waals surface area contributed by atoms with Gasteiger partial charge in [-0.25, -0.2) is 9.97 Å². The normalized spacial score (nSPS) is 18.7. The van der Waals surface area contributed by atoms with E-state index in [2.05, 4.69) is 64.5 Å². The minimum absolute atomic E-state index is 0.417. The lowest BCUT2D eigenvalue weighted by Gasteiger charge is -2.33. The highest BCUT2D eigenvalue weighted by Gasteiger charge is 2.19. The van der Waals surface area contributed by atoms with Crippen LogP contribution in [0.5, 0.6) is 0 Å². The second kappa shape index (κ2) is 16.8. The molecule has 4 saturated heterocycles. The Hall–Kier alpha value is -3.88. The van der Waals surface area contributed by atoms with E-state index in [1.165, 1.54) is 11.4 Å². The van der Waals surface area contributed by atoms with Crippen molar-refractivity contribution in [3.63, 3.8) is 0 Å². The number of anilines is 7. The van der Waals surface area contributed by atoms with Crippen LogP contribution in [-0.2, 0) is 23.7 Å². The van der Waals surface area contributed by atoms with Crippen LogP contribution in [0.15, 0.2) is 48.7 Å². The SMILES string of the molecule is Clc1ccnc(Nc2cc(N3CCOCC3)cc(N3CCOCC3)c2)n1.O=CNc1cc(N2CCOCC2)cc(N2CCOCC2)c1. The number of carbonyl (C=O) groups is 1. The summed E-state index contributed by atoms with van der Waals surface area (Å²) < 4.78 is 21.8. The van der Waals surface area contributed by atoms with Gasteiger partial charge in [0.15, 0.2) is 0 Å². The summed E-state index contributed by atoms with van der Waals surface area (Å²) in [6.07, 6.45) is 2.37. The molecule has 0 aliphatic carbocycles. The van der Waals surface area contributed by atoms with Gasteiger partial charge in [-0.1, -0.05) is 11.6 Å². The first-order chi connectivity index (χ1) is 23.1. The van der Waals surface area contributed by atoms with Crippen LogP contribution >= 0.6 is 11.6 Å². The number of benzene rings is 2. The largest absolute Gasteiger partial charge is 0.378 e. The molecule has 0 saturated carbocycles. The molecule has 1 amide bonds. The number of morpholine rings is 4. The highest BCUT2D eigenvalue weighted by Crippen LogP contribution is 2.31. The molecular formula is C33H43ClN8O5. The van der Waals surface area contributed by atoms with Crippen LogP contribution in [0.4, 0.5) is 40.1 Å². The summed E-state index contributed by atoms with van der Waals surface area (Å²) in [5, 5.41) is 6.47. The molecule has 2 N–H and O–H groups in total. The van der Waals surface area contributed by atoms with Gasteiger partial charge in [0.05, 0.1) is 52.9 Å². The fourth-order valence-electron chi connectivity index (χ4n) is 5.96. The third-order valence-corrected chi connectivity index (χ3v) is 8.62. The Morgan fingerprint density at radius 3 is 1.34 bits per heavy atom. The molecule has 4 fully saturated rings. The molecular weight excluding hydrogens is 624 g/mol. The first kappa shape index (κ1) is 33.0. The van der Waals surface area contributed by atoms with E-state index in [1.807, 2.05) is 12.1 Å². The van der Waals surface area contributed by atoms with E-state index >= 15 is 0 Å². The Bertz CT molecular complexity index is 1370. The summed E-state index contributed by atoms with van der Waals surface area (Å²) in [6.45, 7) is 13.1. The van der Waals surface area contributed by atoms with E-state index in [0.717, 1.165) is 134 Å². The third kappa shape index (κ3) is 9.36. The lowest BCUT2D eigenvalue weighted by atomic mass is 10.2. The molecule has 7 rings (SSSR count). The first-order valence-electron chi connectivity index (χ1n) is 16.2. The number of ether oxygens (including phenoxy) is 4. The van der Waals surface area contributed by atoms with Crippen LogP contribution in [0.25, 0.3) is 0 Å². The summed E-state index contributed by atoms with van der Waals surface area (Å²) in [5.41, 5.74) is 6.37. The van der Waals surface area contributed by atoms with Gasteiger partial charge in [0, 0.05) is 92.7 Å². The Kier molecular flexibility index (Phi) is 11.8. The molecule has 0 bridgehead atoms. The Morgan fingerprint density at radius 1 is 0.596 bits per heavy atom. The van der Waals surface area contributed by atoms with Gasteiger partial charge in [0.2, 0.25) is 12.4 Å². The maximum Gasteiger partial charge on any atom is 0.228 e. The molecule has 252 valence electrons. The van der Waals surface area contributed by atoms with Crippen molar-refractivity contribution in [2.75, 3.05) is 135 Å². The molecule has 14 heteroatoms. The van der Waals surface area contributed by atoms with E-state index in [0.29, 0.717) is 11.1 Å². The average molecular weight is 667 g/mol. The average Bonchev–Trinajstić information content (AvgIpc) is 3.13. The zero-order valence-corrected chi connectivity index (χ0v) is 27.4. The van der Waals surface area contributed by atoms with Crippen molar-refractivity contribution in [1.82, 2.24) is 9.97 Å². The first-order valence-corrected chi connectivity index (χ1v) is 16.6. The Morgan fingerprint density at radius 2 is 0.979 bits per heavy atom. The lowest BCUT2D eigenvalue weighted by molar-refractivity contribution is -0.105. The molecule has 2 aromatic carbocycles. The van der Waals surface area contributed by atoms with E-state index < -0.39 is 0 Å². The molecule has 0 spiro atoms. The highest BCUT2D eigenvalue weighted by atomic mass is 35.5. The number of hydrogen-bond donors (Lipinski definition) is 2. The van der Waals surface area contributed by atoms with Gasteiger partial charge in [-0.2, -0.15) is 0 Å². The van der Waals surface area contributed by atoms with Crippen LogP contribution in [0.3, 0.4) is 0 Å². The van der Waals surface area contributed by atoms with E-state index in [-0.39, 0.29) is 0 Å². The molecule has 0 radical (unpaired) electrons. The molecule has 47 heavy (non-hydrogen) atoms. The maximum absolute atomic E-state index is 10.8. The molecule has 5 heterocycles. The number of amides is 1. The smallest absolute Gasteiger partial charge is 0.228 e. The predicted octanol–water partition coefficient (Wildman–Crippen LogP) is 3.47. The van der Waals surface area contributed by atoms with E-state index in [1.54, 1.807) is 12.3 Å². The quantitative estimate of drug-likeness (QED) is 0.271. The Balaban J connectivity index is 0.000000168. The number of nitrogens with one attached hydrogen (secondary N) is 2. The number of rotatable bonds is 8. The van der Waals surface area contributed by atoms with Gasteiger partial charge in [0.1, 0.15) is 5.15 Å². The van der Waals surface area contributed by atoms with Crippen molar-refractivity contribution in [2.45, 2.75) is 0 Å². The summed E-state index contributed by atoms with van der Waals surface area (Å²) >= 11 is 5.98. The minimum atomic E-state index is 0.417. The molecule has 0 atom stereocenters. The van der Waals surface area contributed by atoms with Crippen molar-refractivity contribution in [3.05, 3.63) is 53.8 Å². The van der Waals surface area contributed by atoms with Gasteiger partial charge in [-0.3, -0.25) is 4.79 Å². The van der Waals surface area contributed by atoms with Gasteiger partial charge in [0.25, 0.3) is 0 Å². The fourth-order valence-corrected chi connectivity index (χ4v) is 6.09. The summed E-state index contributed by atoms with van der Waals surface area (Å²) in [5.74, 6) is 0.490. The van der Waals surface area contributed by atoms with E-state index in [4.69, 9.17) is 30.5 Å². The molecule has 13 nitrogen and oxygen atoms in total. The van der Waals surface area contributed by atoms with Crippen molar-refractivity contribution in [1.29, 1.82) is 0 Å². The fraction of sp³-hybridized carbons (Fsp3) is 0.485. The van der Waals surface area contributed by atoms with Gasteiger partial charge >= 0.3 is 0 Å². The summed E-state index contributed by atoms with van der Waals surface area (Å²) in [7, 11) is 0. The topological polar surface area (TPSA) is 117 Å². The van der Waals surface area contributed by atoms with Crippen LogP contribution in [0.2, 0.25) is 5.15 Å². The number of nitrogens with zero attached hydrogens (tertiary/aromatic N) is 6. The second-order valence-corrected chi connectivity index (χ2v) is 11.9. The summed E-state index contributed by atoms with van der Waals surface area (Å²) in [4.78, 5) is 28.5. The number of hydrogen-bond acceptors (Lipinski definition) is 12. The zero-order valence-electron chi connectivity index (χ0n) is 26.6. The van der Waals surface area contributed by atoms with Crippen LogP contribution in [0.1, 0.15) is 0 Å². The predicted molar refractivity (Wildman–Crippen MR) is 185 cm³/mol. The van der Waals surface area contributed by atoms with E-state index in [9.17, 15) is 4.79 Å². The van der Waals surface area contributed by atoms with Crippen LogP contribution < -0.4 is 30.2 Å². The molecule has 1 aromatic heterocycles. The standard InChI is InChI=1S/C18H22ClN5O2.C15H21N3O3/c19-17-1-2-20-18(22-17)21-14-11-15(23-3-7-25-8-4-23)13-16(12-14)24-5-9-26-10-6-24;19-12-16-13-9-14(17-1-5-20-6-2-17)11-15(10-13)18-3-7-21-8-4-18/h1-2,11-13H,3-10H2,(H,20,21,22);9-12H,1-8H2,(H,16,19). The molecule has 4 aliphatic heterocycles. The summed E-state index contributed by atoms with van der Waals surface area (Å²) in [6, 6.07) is 14.4. The monoisotopic (exact) mass is 666 g/mol. The molecule has 3 aromatic rings. The third-order valence-electron chi connectivity index (χ3n) is 8.41. The second-order valence-electron chi connectivity index (χ2n) is 11.5. The lowest BCUT2D eigenvalue weighted by Crippen LogP contribution is -2.38. The van der Waals surface area contributed by atoms with Crippen LogP contribution in [0, 0.1) is 0 Å².